The Hall–Kier alpha value is -0.950. The van der Waals surface area contributed by atoms with E-state index in [4.69, 9.17) is 11.6 Å². The van der Waals surface area contributed by atoms with Gasteiger partial charge in [0.05, 0.1) is 0 Å². The summed E-state index contributed by atoms with van der Waals surface area (Å²) in [5.74, 6) is 0.783. The van der Waals surface area contributed by atoms with Crippen molar-refractivity contribution in [2.45, 2.75) is 33.2 Å². The van der Waals surface area contributed by atoms with Crippen molar-refractivity contribution < 1.29 is 0 Å². The van der Waals surface area contributed by atoms with Gasteiger partial charge in [-0.15, -0.1) is 0 Å². The molecule has 2 heteroatoms. The minimum Gasteiger partial charge on any atom is -0.347 e. The third kappa shape index (κ3) is 2.59. The Morgan fingerprint density at radius 2 is 2.06 bits per heavy atom. The highest BCUT2D eigenvalue weighted by atomic mass is 35.5. The van der Waals surface area contributed by atoms with Crippen LogP contribution in [0.25, 0.3) is 10.9 Å². The van der Waals surface area contributed by atoms with Crippen LogP contribution in [-0.4, -0.2) is 4.57 Å². The van der Waals surface area contributed by atoms with E-state index in [1.54, 1.807) is 0 Å². The third-order valence-electron chi connectivity index (χ3n) is 2.92. The number of hydrogen-bond acceptors (Lipinski definition) is 0. The van der Waals surface area contributed by atoms with Gasteiger partial charge >= 0.3 is 0 Å². The number of fused-ring (bicyclic) bond motifs is 1. The van der Waals surface area contributed by atoms with Gasteiger partial charge in [-0.05, 0) is 42.3 Å². The van der Waals surface area contributed by atoms with Crippen LogP contribution in [0.1, 0.15) is 26.7 Å². The molecule has 0 unspecified atom stereocenters. The summed E-state index contributed by atoms with van der Waals surface area (Å²) in [5.41, 5.74) is 1.25. The minimum absolute atomic E-state index is 0.783. The van der Waals surface area contributed by atoms with E-state index in [0.717, 1.165) is 17.5 Å². The van der Waals surface area contributed by atoms with Gasteiger partial charge in [0, 0.05) is 23.3 Å². The van der Waals surface area contributed by atoms with Crippen molar-refractivity contribution in [3.8, 4) is 0 Å². The summed E-state index contributed by atoms with van der Waals surface area (Å²) in [6.45, 7) is 5.62. The summed E-state index contributed by atoms with van der Waals surface area (Å²) in [6.07, 6.45) is 4.66. The zero-order chi connectivity index (χ0) is 11.5. The van der Waals surface area contributed by atoms with Crippen LogP contribution >= 0.6 is 11.6 Å². The van der Waals surface area contributed by atoms with Crippen molar-refractivity contribution in [2.75, 3.05) is 0 Å². The maximum absolute atomic E-state index is 6.02. The Morgan fingerprint density at radius 3 is 2.81 bits per heavy atom. The molecule has 0 aliphatic heterocycles. The van der Waals surface area contributed by atoms with E-state index in [2.05, 4.69) is 36.7 Å². The number of aromatic nitrogens is 1. The van der Waals surface area contributed by atoms with Crippen molar-refractivity contribution in [1.82, 2.24) is 4.57 Å². The monoisotopic (exact) mass is 235 g/mol. The number of halogens is 1. The normalized spacial score (nSPS) is 11.5. The zero-order valence-corrected chi connectivity index (χ0v) is 10.7. The van der Waals surface area contributed by atoms with Crippen molar-refractivity contribution in [3.63, 3.8) is 0 Å². The van der Waals surface area contributed by atoms with E-state index in [0.29, 0.717) is 0 Å². The largest absolute Gasteiger partial charge is 0.347 e. The fourth-order valence-electron chi connectivity index (χ4n) is 2.02. The molecule has 2 rings (SSSR count). The lowest BCUT2D eigenvalue weighted by atomic mass is 10.1. The summed E-state index contributed by atoms with van der Waals surface area (Å²) < 4.78 is 2.30. The molecule has 1 nitrogen and oxygen atoms in total. The van der Waals surface area contributed by atoms with Crippen molar-refractivity contribution in [2.24, 2.45) is 5.92 Å². The van der Waals surface area contributed by atoms with Crippen LogP contribution in [0.15, 0.2) is 30.5 Å². The molecule has 0 bridgehead atoms. The van der Waals surface area contributed by atoms with Crippen LogP contribution in [0.3, 0.4) is 0 Å². The molecule has 1 aromatic carbocycles. The van der Waals surface area contributed by atoms with Crippen LogP contribution in [0.4, 0.5) is 0 Å². The minimum atomic E-state index is 0.783. The number of aryl methyl sites for hydroxylation is 1. The zero-order valence-electron chi connectivity index (χ0n) is 9.91. The van der Waals surface area contributed by atoms with Crippen LogP contribution in [0.2, 0.25) is 5.02 Å². The lowest BCUT2D eigenvalue weighted by molar-refractivity contribution is 0.518. The number of benzene rings is 1. The predicted octanol–water partition coefficient (Wildman–Crippen LogP) is 4.73. The topological polar surface area (TPSA) is 4.93 Å². The van der Waals surface area contributed by atoms with Crippen molar-refractivity contribution >= 4 is 22.5 Å². The molecule has 16 heavy (non-hydrogen) atoms. The molecule has 0 radical (unpaired) electrons. The summed E-state index contributed by atoms with van der Waals surface area (Å²) in [4.78, 5) is 0. The molecule has 0 saturated carbocycles. The summed E-state index contributed by atoms with van der Waals surface area (Å²) in [7, 11) is 0. The lowest BCUT2D eigenvalue weighted by Crippen LogP contribution is -1.98. The average molecular weight is 236 g/mol. The van der Waals surface area contributed by atoms with Gasteiger partial charge in [0.15, 0.2) is 0 Å². The highest BCUT2D eigenvalue weighted by molar-refractivity contribution is 6.31. The van der Waals surface area contributed by atoms with Gasteiger partial charge in [0.25, 0.3) is 0 Å². The van der Waals surface area contributed by atoms with Crippen LogP contribution in [0.5, 0.6) is 0 Å². The Morgan fingerprint density at radius 1 is 1.25 bits per heavy atom. The molecular formula is C14H18ClN. The fourth-order valence-corrected chi connectivity index (χ4v) is 2.19. The highest BCUT2D eigenvalue weighted by Gasteiger charge is 2.02. The van der Waals surface area contributed by atoms with E-state index in [9.17, 15) is 0 Å². The first-order valence-electron chi connectivity index (χ1n) is 5.91. The second kappa shape index (κ2) is 4.92. The molecule has 1 heterocycles. The molecule has 2 aromatic rings. The lowest BCUT2D eigenvalue weighted by Gasteiger charge is -2.07. The average Bonchev–Trinajstić information content (AvgIpc) is 2.60. The second-order valence-electron chi connectivity index (χ2n) is 4.75. The predicted molar refractivity (Wildman–Crippen MR) is 71.0 cm³/mol. The molecule has 0 N–H and O–H groups in total. The molecular weight excluding hydrogens is 218 g/mol. The van der Waals surface area contributed by atoms with Gasteiger partial charge < -0.3 is 4.57 Å². The number of hydrogen-bond donors (Lipinski definition) is 0. The SMILES string of the molecule is CC(C)CCCn1ccc2ccc(Cl)cc21. The quantitative estimate of drug-likeness (QED) is 0.722. The van der Waals surface area contributed by atoms with Crippen LogP contribution in [0, 0.1) is 5.92 Å². The first-order valence-corrected chi connectivity index (χ1v) is 6.29. The standard InChI is InChI=1S/C14H18ClN/c1-11(2)4-3-8-16-9-7-12-5-6-13(15)10-14(12)16/h5-7,9-11H,3-4,8H2,1-2H3. The third-order valence-corrected chi connectivity index (χ3v) is 3.15. The van der Waals surface area contributed by atoms with E-state index >= 15 is 0 Å². The van der Waals surface area contributed by atoms with Gasteiger partial charge in [0.1, 0.15) is 0 Å². The van der Waals surface area contributed by atoms with Crippen LogP contribution < -0.4 is 0 Å². The van der Waals surface area contributed by atoms with Gasteiger partial charge in [-0.1, -0.05) is 31.5 Å². The smallest absolute Gasteiger partial charge is 0.0495 e. The Labute approximate surface area is 102 Å². The molecule has 0 aliphatic rings. The number of nitrogens with zero attached hydrogens (tertiary/aromatic N) is 1. The molecule has 0 aliphatic carbocycles. The van der Waals surface area contributed by atoms with Gasteiger partial charge in [-0.3, -0.25) is 0 Å². The Bertz CT molecular complexity index is 471. The molecule has 86 valence electrons. The second-order valence-corrected chi connectivity index (χ2v) is 5.18. The Kier molecular flexibility index (Phi) is 3.55. The molecule has 0 saturated heterocycles. The van der Waals surface area contributed by atoms with Crippen LogP contribution in [-0.2, 0) is 6.54 Å². The van der Waals surface area contributed by atoms with E-state index in [1.807, 2.05) is 12.1 Å². The molecule has 1 aromatic heterocycles. The Balaban J connectivity index is 2.15. The summed E-state index contributed by atoms with van der Waals surface area (Å²) in [6, 6.07) is 8.23. The van der Waals surface area contributed by atoms with E-state index in [-0.39, 0.29) is 0 Å². The maximum atomic E-state index is 6.02. The van der Waals surface area contributed by atoms with Crippen molar-refractivity contribution in [1.29, 1.82) is 0 Å². The first-order chi connectivity index (χ1) is 7.66. The maximum Gasteiger partial charge on any atom is 0.0495 e. The highest BCUT2D eigenvalue weighted by Crippen LogP contribution is 2.21. The molecule has 0 fully saturated rings. The fraction of sp³-hybridized carbons (Fsp3) is 0.429. The van der Waals surface area contributed by atoms with E-state index < -0.39 is 0 Å². The number of rotatable bonds is 4. The van der Waals surface area contributed by atoms with Crippen molar-refractivity contribution in [3.05, 3.63) is 35.5 Å². The molecule has 0 amide bonds. The van der Waals surface area contributed by atoms with Gasteiger partial charge in [-0.2, -0.15) is 0 Å². The molecule has 0 spiro atoms. The van der Waals surface area contributed by atoms with E-state index in [1.165, 1.54) is 23.7 Å². The van der Waals surface area contributed by atoms with Gasteiger partial charge in [-0.25, -0.2) is 0 Å². The summed E-state index contributed by atoms with van der Waals surface area (Å²) >= 11 is 6.02. The first kappa shape index (κ1) is 11.5. The summed E-state index contributed by atoms with van der Waals surface area (Å²) in [5, 5.41) is 2.09. The molecule has 0 atom stereocenters. The van der Waals surface area contributed by atoms with Gasteiger partial charge in [0.2, 0.25) is 0 Å².